The predicted molar refractivity (Wildman–Crippen MR) is 81.3 cm³/mol. The molecule has 0 amide bonds. The van der Waals surface area contributed by atoms with Gasteiger partial charge in [-0.2, -0.15) is 0 Å². The molecule has 0 radical (unpaired) electrons. The van der Waals surface area contributed by atoms with Crippen LogP contribution in [-0.2, 0) is 0 Å². The Morgan fingerprint density at radius 3 is 2.53 bits per heavy atom. The van der Waals surface area contributed by atoms with Gasteiger partial charge < -0.3 is 0 Å². The number of hydrogen-bond donors (Lipinski definition) is 0. The summed E-state index contributed by atoms with van der Waals surface area (Å²) >= 11 is 0. The molecular weight excluding hydrogens is 230 g/mol. The lowest BCUT2D eigenvalue weighted by Gasteiger charge is -2.09. The number of pyridine rings is 1. The van der Waals surface area contributed by atoms with E-state index >= 15 is 0 Å². The van der Waals surface area contributed by atoms with Crippen molar-refractivity contribution in [2.45, 2.75) is 19.8 Å². The molecule has 0 N–H and O–H groups in total. The van der Waals surface area contributed by atoms with Crippen LogP contribution in [0.3, 0.4) is 0 Å². The van der Waals surface area contributed by atoms with Gasteiger partial charge >= 0.3 is 0 Å². The summed E-state index contributed by atoms with van der Waals surface area (Å²) in [6.07, 6.45) is 1.91. The molecule has 0 saturated heterocycles. The molecule has 94 valence electrons. The number of fused-ring (bicyclic) bond motifs is 1. The van der Waals surface area contributed by atoms with Gasteiger partial charge in [-0.25, -0.2) is 0 Å². The van der Waals surface area contributed by atoms with Gasteiger partial charge in [0.25, 0.3) is 0 Å². The van der Waals surface area contributed by atoms with Crippen molar-refractivity contribution < 1.29 is 0 Å². The molecule has 2 aromatic carbocycles. The normalized spacial score (nSPS) is 11.1. The van der Waals surface area contributed by atoms with Crippen molar-refractivity contribution in [1.82, 2.24) is 4.98 Å². The number of benzene rings is 2. The first-order chi connectivity index (χ1) is 9.25. The Bertz CT molecular complexity index is 708. The molecule has 0 atom stereocenters. The number of nitrogens with zero attached hydrogens (tertiary/aromatic N) is 1. The molecule has 19 heavy (non-hydrogen) atoms. The minimum absolute atomic E-state index is 0.454. The highest BCUT2D eigenvalue weighted by Crippen LogP contribution is 2.29. The Morgan fingerprint density at radius 1 is 0.895 bits per heavy atom. The summed E-state index contributed by atoms with van der Waals surface area (Å²) < 4.78 is 0. The fraction of sp³-hybridized carbons (Fsp3) is 0.167. The average Bonchev–Trinajstić information content (AvgIpc) is 2.47. The molecule has 1 heteroatoms. The zero-order valence-corrected chi connectivity index (χ0v) is 11.3. The fourth-order valence-electron chi connectivity index (χ4n) is 2.41. The first kappa shape index (κ1) is 11.9. The Morgan fingerprint density at radius 2 is 1.68 bits per heavy atom. The monoisotopic (exact) mass is 247 g/mol. The van der Waals surface area contributed by atoms with Gasteiger partial charge in [-0.05, 0) is 39.9 Å². The largest absolute Gasteiger partial charge is 0.261 e. The summed E-state index contributed by atoms with van der Waals surface area (Å²) in [5.74, 6) is 0.454. The second kappa shape index (κ2) is 4.85. The SMILES string of the molecule is CC(C)c1cc(-c2cccc3ccccc23)ccn1. The van der Waals surface area contributed by atoms with Crippen molar-refractivity contribution in [3.05, 3.63) is 66.5 Å². The van der Waals surface area contributed by atoms with E-state index in [2.05, 4.69) is 73.4 Å². The van der Waals surface area contributed by atoms with E-state index in [-0.39, 0.29) is 0 Å². The van der Waals surface area contributed by atoms with Crippen LogP contribution >= 0.6 is 0 Å². The number of hydrogen-bond acceptors (Lipinski definition) is 1. The van der Waals surface area contributed by atoms with E-state index in [1.54, 1.807) is 0 Å². The van der Waals surface area contributed by atoms with Crippen LogP contribution in [0.2, 0.25) is 0 Å². The number of rotatable bonds is 2. The van der Waals surface area contributed by atoms with Gasteiger partial charge in [-0.3, -0.25) is 4.98 Å². The van der Waals surface area contributed by atoms with E-state index in [0.717, 1.165) is 5.69 Å². The summed E-state index contributed by atoms with van der Waals surface area (Å²) in [7, 11) is 0. The number of aromatic nitrogens is 1. The molecule has 0 fully saturated rings. The Balaban J connectivity index is 2.22. The second-order valence-electron chi connectivity index (χ2n) is 5.15. The molecule has 0 aliphatic carbocycles. The lowest BCUT2D eigenvalue weighted by Crippen LogP contribution is -1.92. The topological polar surface area (TPSA) is 12.9 Å². The zero-order valence-electron chi connectivity index (χ0n) is 11.3. The first-order valence-corrected chi connectivity index (χ1v) is 6.70. The van der Waals surface area contributed by atoms with Gasteiger partial charge in [0.05, 0.1) is 0 Å². The lowest BCUT2D eigenvalue weighted by atomic mass is 9.97. The summed E-state index contributed by atoms with van der Waals surface area (Å²) in [4.78, 5) is 4.44. The molecule has 0 aliphatic rings. The van der Waals surface area contributed by atoms with Crippen molar-refractivity contribution in [2.75, 3.05) is 0 Å². The molecule has 0 aliphatic heterocycles. The van der Waals surface area contributed by atoms with Crippen LogP contribution in [0.5, 0.6) is 0 Å². The third kappa shape index (κ3) is 2.24. The quantitative estimate of drug-likeness (QED) is 0.619. The third-order valence-electron chi connectivity index (χ3n) is 3.47. The highest BCUT2D eigenvalue weighted by Gasteiger charge is 2.06. The molecule has 0 saturated carbocycles. The van der Waals surface area contributed by atoms with E-state index in [0.29, 0.717) is 5.92 Å². The maximum absolute atomic E-state index is 4.44. The maximum Gasteiger partial charge on any atom is 0.0435 e. The minimum atomic E-state index is 0.454. The van der Waals surface area contributed by atoms with Crippen molar-refractivity contribution in [1.29, 1.82) is 0 Å². The molecule has 0 unspecified atom stereocenters. The Labute approximate surface area is 113 Å². The molecule has 0 spiro atoms. The van der Waals surface area contributed by atoms with E-state index in [4.69, 9.17) is 0 Å². The first-order valence-electron chi connectivity index (χ1n) is 6.70. The van der Waals surface area contributed by atoms with Crippen molar-refractivity contribution in [3.8, 4) is 11.1 Å². The van der Waals surface area contributed by atoms with Gasteiger partial charge in [0.1, 0.15) is 0 Å². The Kier molecular flexibility index (Phi) is 3.04. The van der Waals surface area contributed by atoms with Crippen LogP contribution in [0.15, 0.2) is 60.8 Å². The molecule has 1 aromatic heterocycles. The van der Waals surface area contributed by atoms with E-state index in [1.165, 1.54) is 21.9 Å². The molecule has 1 nitrogen and oxygen atoms in total. The van der Waals surface area contributed by atoms with Crippen LogP contribution in [0, 0.1) is 0 Å². The highest BCUT2D eigenvalue weighted by molar-refractivity contribution is 5.96. The predicted octanol–water partition coefficient (Wildman–Crippen LogP) is 5.03. The van der Waals surface area contributed by atoms with Gasteiger partial charge in [0.15, 0.2) is 0 Å². The van der Waals surface area contributed by atoms with Gasteiger partial charge in [-0.1, -0.05) is 56.3 Å². The summed E-state index contributed by atoms with van der Waals surface area (Å²) in [5.41, 5.74) is 3.67. The van der Waals surface area contributed by atoms with Crippen LogP contribution in [-0.4, -0.2) is 4.98 Å². The van der Waals surface area contributed by atoms with Crippen LogP contribution in [0.4, 0.5) is 0 Å². The van der Waals surface area contributed by atoms with Crippen LogP contribution in [0.25, 0.3) is 21.9 Å². The van der Waals surface area contributed by atoms with Gasteiger partial charge in [0, 0.05) is 11.9 Å². The van der Waals surface area contributed by atoms with Crippen molar-refractivity contribution in [3.63, 3.8) is 0 Å². The second-order valence-corrected chi connectivity index (χ2v) is 5.15. The van der Waals surface area contributed by atoms with Gasteiger partial charge in [0.2, 0.25) is 0 Å². The molecular formula is C18H17N. The minimum Gasteiger partial charge on any atom is -0.261 e. The summed E-state index contributed by atoms with van der Waals surface area (Å²) in [6, 6.07) is 19.3. The fourth-order valence-corrected chi connectivity index (χ4v) is 2.41. The van der Waals surface area contributed by atoms with Crippen molar-refractivity contribution in [2.24, 2.45) is 0 Å². The molecule has 3 rings (SSSR count). The molecule has 3 aromatic rings. The summed E-state index contributed by atoms with van der Waals surface area (Å²) in [6.45, 7) is 4.35. The summed E-state index contributed by atoms with van der Waals surface area (Å²) in [5, 5.41) is 2.58. The van der Waals surface area contributed by atoms with E-state index < -0.39 is 0 Å². The van der Waals surface area contributed by atoms with Crippen molar-refractivity contribution >= 4 is 10.8 Å². The van der Waals surface area contributed by atoms with E-state index in [9.17, 15) is 0 Å². The smallest absolute Gasteiger partial charge is 0.0435 e. The average molecular weight is 247 g/mol. The highest BCUT2D eigenvalue weighted by atomic mass is 14.7. The lowest BCUT2D eigenvalue weighted by molar-refractivity contribution is 0.823. The molecule has 1 heterocycles. The maximum atomic E-state index is 4.44. The zero-order chi connectivity index (χ0) is 13.2. The van der Waals surface area contributed by atoms with E-state index in [1.807, 2.05) is 6.20 Å². The van der Waals surface area contributed by atoms with Crippen LogP contribution in [0.1, 0.15) is 25.5 Å². The Hall–Kier alpha value is -2.15. The van der Waals surface area contributed by atoms with Gasteiger partial charge in [-0.15, -0.1) is 0 Å². The third-order valence-corrected chi connectivity index (χ3v) is 3.47. The standard InChI is InChI=1S/C18H17N/c1-13(2)18-12-15(10-11-19-18)17-9-5-7-14-6-3-4-8-16(14)17/h3-13H,1-2H3. The van der Waals surface area contributed by atoms with Crippen LogP contribution < -0.4 is 0 Å². The molecule has 0 bridgehead atoms.